The number of ether oxygens (including phenoxy) is 1. The normalized spacial score (nSPS) is 21.4. The van der Waals surface area contributed by atoms with Gasteiger partial charge >= 0.3 is 12.1 Å². The molecule has 1 N–H and O–H groups in total. The van der Waals surface area contributed by atoms with Crippen molar-refractivity contribution in [3.8, 4) is 0 Å². The average Bonchev–Trinajstić information content (AvgIpc) is 2.92. The van der Waals surface area contributed by atoms with Crippen LogP contribution in [-0.4, -0.2) is 55.3 Å². The molecule has 1 aliphatic rings. The quantitative estimate of drug-likeness (QED) is 0.765. The van der Waals surface area contributed by atoms with Crippen LogP contribution in [0.5, 0.6) is 0 Å². The second-order valence-corrected chi connectivity index (χ2v) is 6.11. The van der Waals surface area contributed by atoms with Gasteiger partial charge in [0.2, 0.25) is 0 Å². The molecule has 0 unspecified atom stereocenters. The zero-order chi connectivity index (χ0) is 15.8. The summed E-state index contributed by atoms with van der Waals surface area (Å²) < 4.78 is 6.74. The molecule has 1 aromatic heterocycles. The van der Waals surface area contributed by atoms with Gasteiger partial charge in [0, 0.05) is 45.3 Å². The third-order valence-electron chi connectivity index (χ3n) is 3.11. The summed E-state index contributed by atoms with van der Waals surface area (Å²) in [6.07, 6.45) is 2.54. The molecule has 1 fully saturated rings. The Kier molecular flexibility index (Phi) is 6.09. The number of carboxylic acid groups (broad SMARTS) is 1. The summed E-state index contributed by atoms with van der Waals surface area (Å²) in [5.74, 6) is -1.06. The number of hydrogen-bond donors (Lipinski definition) is 1. The molecule has 1 saturated heterocycles. The van der Waals surface area contributed by atoms with Crippen molar-refractivity contribution in [2.24, 2.45) is 0 Å². The topological polar surface area (TPSA) is 97.6 Å². The van der Waals surface area contributed by atoms with E-state index >= 15 is 0 Å². The van der Waals surface area contributed by atoms with E-state index in [0.717, 1.165) is 0 Å². The predicted octanol–water partition coefficient (Wildman–Crippen LogP) is 1.02. The molecule has 22 heavy (non-hydrogen) atoms. The Morgan fingerprint density at radius 1 is 1.41 bits per heavy atom. The van der Waals surface area contributed by atoms with Gasteiger partial charge in [-0.2, -0.15) is 5.10 Å². The van der Waals surface area contributed by atoms with E-state index < -0.39 is 23.7 Å². The molecule has 1 amide bonds. The van der Waals surface area contributed by atoms with Crippen molar-refractivity contribution in [2.75, 3.05) is 6.54 Å². The van der Waals surface area contributed by atoms with E-state index in [0.29, 0.717) is 5.69 Å². The van der Waals surface area contributed by atoms with Gasteiger partial charge in [-0.05, 0) is 27.2 Å². The van der Waals surface area contributed by atoms with Crippen LogP contribution in [0.3, 0.4) is 0 Å². The first kappa shape index (κ1) is 19.0. The Morgan fingerprint density at radius 3 is 2.50 bits per heavy atom. The molecule has 1 radical (unpaired) electrons. The molecule has 1 aromatic rings. The predicted molar refractivity (Wildman–Crippen MR) is 71.6 cm³/mol. The van der Waals surface area contributed by atoms with Crippen molar-refractivity contribution >= 4 is 12.1 Å². The van der Waals surface area contributed by atoms with Gasteiger partial charge in [0.1, 0.15) is 11.6 Å². The standard InChI is InChI=1S/C13H19N4O4.Y/c1-8-6-17(15-14-8)9-5-10(11(18)19)16(7-9)12(20)21-13(2,3)4;/h9-10H,5,7H2,1-4H3,(H,18,19);/q-1;/t9-,10+;/m1./s1. The van der Waals surface area contributed by atoms with Crippen molar-refractivity contribution in [3.05, 3.63) is 11.9 Å². The van der Waals surface area contributed by atoms with Crippen LogP contribution in [0.2, 0.25) is 0 Å². The minimum Gasteiger partial charge on any atom is -0.480 e. The number of nitrogens with zero attached hydrogens (tertiary/aromatic N) is 4. The summed E-state index contributed by atoms with van der Waals surface area (Å²) in [6, 6.07) is -1.19. The fraction of sp³-hybridized carbons (Fsp3) is 0.692. The Hall–Kier alpha value is -1.02. The second-order valence-electron chi connectivity index (χ2n) is 6.11. The number of carbonyl (C=O) groups excluding carboxylic acids is 1. The number of carbonyl (C=O) groups is 2. The fourth-order valence-electron chi connectivity index (χ4n) is 2.24. The van der Waals surface area contributed by atoms with E-state index in [1.807, 2.05) is 0 Å². The molecule has 8 nitrogen and oxygen atoms in total. The maximum absolute atomic E-state index is 12.1. The molecule has 0 aromatic carbocycles. The fourth-order valence-corrected chi connectivity index (χ4v) is 2.24. The summed E-state index contributed by atoms with van der Waals surface area (Å²) in [6.45, 7) is 7.18. The first-order valence-corrected chi connectivity index (χ1v) is 6.71. The van der Waals surface area contributed by atoms with Crippen LogP contribution in [0.1, 0.15) is 38.9 Å². The molecule has 1 aliphatic heterocycles. The van der Waals surface area contributed by atoms with E-state index in [2.05, 4.69) is 16.5 Å². The number of aromatic nitrogens is 3. The van der Waals surface area contributed by atoms with Gasteiger partial charge in [-0.15, -0.1) is 10.9 Å². The van der Waals surface area contributed by atoms with Crippen LogP contribution in [0, 0.1) is 13.1 Å². The van der Waals surface area contributed by atoms with E-state index in [4.69, 9.17) is 4.74 Å². The minimum atomic E-state index is -1.06. The summed E-state index contributed by atoms with van der Waals surface area (Å²) in [4.78, 5) is 24.7. The number of aliphatic carboxylic acids is 1. The third kappa shape index (κ3) is 4.49. The van der Waals surface area contributed by atoms with Crippen molar-refractivity contribution in [3.63, 3.8) is 0 Å². The van der Waals surface area contributed by atoms with Gasteiger partial charge in [0.25, 0.3) is 0 Å². The Balaban J connectivity index is 0.00000242. The van der Waals surface area contributed by atoms with Gasteiger partial charge in [-0.1, -0.05) is 6.92 Å². The number of amides is 1. The Morgan fingerprint density at radius 2 is 2.05 bits per heavy atom. The van der Waals surface area contributed by atoms with Crippen LogP contribution in [-0.2, 0) is 42.2 Å². The molecule has 9 heteroatoms. The largest absolute Gasteiger partial charge is 0.480 e. The van der Waals surface area contributed by atoms with Crippen LogP contribution in [0.25, 0.3) is 0 Å². The van der Waals surface area contributed by atoms with E-state index in [1.54, 1.807) is 27.7 Å². The average molecular weight is 384 g/mol. The van der Waals surface area contributed by atoms with Crippen molar-refractivity contribution < 1.29 is 52.1 Å². The second kappa shape index (κ2) is 7.04. The molecule has 2 heterocycles. The van der Waals surface area contributed by atoms with Gasteiger partial charge in [-0.3, -0.25) is 4.90 Å². The zero-order valence-corrected chi connectivity index (χ0v) is 15.9. The minimum absolute atomic E-state index is 0. The smallest absolute Gasteiger partial charge is 0.411 e. The molecule has 2 atom stereocenters. The van der Waals surface area contributed by atoms with Crippen LogP contribution in [0.15, 0.2) is 0 Å². The first-order chi connectivity index (χ1) is 9.67. The van der Waals surface area contributed by atoms with Crippen molar-refractivity contribution in [2.45, 2.75) is 51.8 Å². The van der Waals surface area contributed by atoms with Gasteiger partial charge in [-0.25, -0.2) is 9.59 Å². The van der Waals surface area contributed by atoms with Gasteiger partial charge in [0.05, 0.1) is 0 Å². The number of likely N-dealkylation sites (tertiary alicyclic amines) is 1. The first-order valence-electron chi connectivity index (χ1n) is 6.71. The number of carboxylic acids is 1. The summed E-state index contributed by atoms with van der Waals surface area (Å²) >= 11 is 0. The van der Waals surface area contributed by atoms with Crippen LogP contribution < -0.4 is 0 Å². The maximum Gasteiger partial charge on any atom is 0.411 e. The van der Waals surface area contributed by atoms with Crippen LogP contribution in [0.4, 0.5) is 4.79 Å². The summed E-state index contributed by atoms with van der Waals surface area (Å²) in [7, 11) is 0. The van der Waals surface area contributed by atoms with Crippen molar-refractivity contribution in [1.29, 1.82) is 0 Å². The molecule has 0 spiro atoms. The molecule has 119 valence electrons. The van der Waals surface area contributed by atoms with Crippen LogP contribution >= 0.6 is 0 Å². The SMILES string of the molecule is Cc1[c-]n([C@@H]2C[C@@H](C(=O)O)N(C(=O)OC(C)(C)C)C2)nn1.[Y]. The molecule has 0 saturated carbocycles. The number of hydrogen-bond acceptors (Lipinski definition) is 5. The van der Waals surface area contributed by atoms with Gasteiger partial charge < -0.3 is 20.7 Å². The zero-order valence-electron chi connectivity index (χ0n) is 13.1. The number of rotatable bonds is 2. The summed E-state index contributed by atoms with van der Waals surface area (Å²) in [5, 5.41) is 17.0. The molecule has 0 aliphatic carbocycles. The van der Waals surface area contributed by atoms with Gasteiger partial charge in [0.15, 0.2) is 0 Å². The van der Waals surface area contributed by atoms with E-state index in [1.165, 1.54) is 9.58 Å². The third-order valence-corrected chi connectivity index (χ3v) is 3.11. The molecular weight excluding hydrogens is 365 g/mol. The molecule has 0 bridgehead atoms. The molecular formula is C13H19N4O4Y-. The Labute approximate surface area is 154 Å². The van der Waals surface area contributed by atoms with Crippen molar-refractivity contribution in [1.82, 2.24) is 19.9 Å². The Bertz CT molecular complexity index is 554. The maximum atomic E-state index is 12.1. The van der Waals surface area contributed by atoms with E-state index in [9.17, 15) is 14.7 Å². The molecule has 2 rings (SSSR count). The summed E-state index contributed by atoms with van der Waals surface area (Å²) in [5.41, 5.74) is -0.0497. The van der Waals surface area contributed by atoms with E-state index in [-0.39, 0.29) is 51.7 Å². The monoisotopic (exact) mass is 384 g/mol. The number of aryl methyl sites for hydroxylation is 1.